The highest BCUT2D eigenvalue weighted by atomic mass is 16.3. The van der Waals surface area contributed by atoms with Crippen LogP contribution in [0.1, 0.15) is 32.3 Å². The van der Waals surface area contributed by atoms with Gasteiger partial charge in [0.15, 0.2) is 5.78 Å². The summed E-state index contributed by atoms with van der Waals surface area (Å²) in [6, 6.07) is 3.32. The molecule has 0 unspecified atom stereocenters. The van der Waals surface area contributed by atoms with Crippen molar-refractivity contribution in [3.05, 3.63) is 41.4 Å². The molecule has 0 radical (unpaired) electrons. The van der Waals surface area contributed by atoms with Crippen molar-refractivity contribution in [1.82, 2.24) is 4.98 Å². The summed E-state index contributed by atoms with van der Waals surface area (Å²) >= 11 is 0. The molecule has 1 heterocycles. The molecule has 4 nitrogen and oxygen atoms in total. The van der Waals surface area contributed by atoms with Gasteiger partial charge in [-0.3, -0.25) is 15.2 Å². The minimum absolute atomic E-state index is 0.0260. The number of nitrogens with zero attached hydrogens (tertiary/aromatic N) is 1. The van der Waals surface area contributed by atoms with Crippen LogP contribution >= 0.6 is 0 Å². The van der Waals surface area contributed by atoms with Gasteiger partial charge >= 0.3 is 0 Å². The molecule has 0 saturated heterocycles. The maximum atomic E-state index is 12.1. The summed E-state index contributed by atoms with van der Waals surface area (Å²) in [7, 11) is 0. The monoisotopic (exact) mass is 244 g/mol. The zero-order valence-electron chi connectivity index (χ0n) is 10.5. The molecule has 1 aliphatic carbocycles. The molecule has 0 saturated carbocycles. The zero-order valence-corrected chi connectivity index (χ0v) is 10.5. The molecule has 1 aliphatic rings. The van der Waals surface area contributed by atoms with Gasteiger partial charge in [-0.25, -0.2) is 0 Å². The molecule has 0 bridgehead atoms. The smallest absolute Gasteiger partial charge is 0.168 e. The molecule has 0 fully saturated rings. The van der Waals surface area contributed by atoms with Crippen LogP contribution in [-0.2, 0) is 4.79 Å². The predicted molar refractivity (Wildman–Crippen MR) is 68.7 cm³/mol. The van der Waals surface area contributed by atoms with Crippen LogP contribution in [0.15, 0.2) is 35.9 Å². The fraction of sp³-hybridized carbons (Fsp3) is 0.357. The van der Waals surface area contributed by atoms with Crippen LogP contribution in [0.3, 0.4) is 0 Å². The van der Waals surface area contributed by atoms with Crippen molar-refractivity contribution in [3.8, 4) is 0 Å². The number of aliphatic hydroxyl groups is 1. The van der Waals surface area contributed by atoms with E-state index >= 15 is 0 Å². The standard InChI is InChI=1S/C14H16N2O2/c1-14(2)7-10(17)12(11(18)8-14)13(15)9-3-5-16-6-4-9/h3-6,15,17H,7-8H2,1-2H3. The Bertz CT molecular complexity index is 530. The normalized spacial score (nSPS) is 18.9. The van der Waals surface area contributed by atoms with Crippen LogP contribution in [-0.4, -0.2) is 21.6 Å². The Labute approximate surface area is 106 Å². The van der Waals surface area contributed by atoms with Gasteiger partial charge in [-0.1, -0.05) is 13.8 Å². The minimum Gasteiger partial charge on any atom is -0.511 e. The first-order valence-electron chi connectivity index (χ1n) is 5.85. The van der Waals surface area contributed by atoms with Gasteiger partial charge in [0.25, 0.3) is 0 Å². The molecule has 0 atom stereocenters. The molecule has 1 aromatic heterocycles. The van der Waals surface area contributed by atoms with Crippen LogP contribution in [0, 0.1) is 10.8 Å². The van der Waals surface area contributed by atoms with Gasteiger partial charge in [-0.2, -0.15) is 0 Å². The van der Waals surface area contributed by atoms with Crippen molar-refractivity contribution in [1.29, 1.82) is 5.41 Å². The average molecular weight is 244 g/mol. The van der Waals surface area contributed by atoms with E-state index in [4.69, 9.17) is 5.41 Å². The molecule has 0 amide bonds. The number of hydrogen-bond donors (Lipinski definition) is 2. The lowest BCUT2D eigenvalue weighted by atomic mass is 9.75. The van der Waals surface area contributed by atoms with Crippen LogP contribution in [0.5, 0.6) is 0 Å². The van der Waals surface area contributed by atoms with Crippen molar-refractivity contribution < 1.29 is 9.90 Å². The van der Waals surface area contributed by atoms with Crippen LogP contribution in [0.4, 0.5) is 0 Å². The number of aromatic nitrogens is 1. The molecule has 1 aromatic rings. The van der Waals surface area contributed by atoms with Crippen LogP contribution < -0.4 is 0 Å². The number of carbonyl (C=O) groups excluding carboxylic acids is 1. The average Bonchev–Trinajstić information content (AvgIpc) is 2.27. The largest absolute Gasteiger partial charge is 0.511 e. The third-order valence-corrected chi connectivity index (χ3v) is 3.07. The van der Waals surface area contributed by atoms with Gasteiger partial charge in [0.2, 0.25) is 0 Å². The molecule has 0 spiro atoms. The molecular formula is C14H16N2O2. The van der Waals surface area contributed by atoms with Gasteiger partial charge in [-0.15, -0.1) is 0 Å². The van der Waals surface area contributed by atoms with Crippen molar-refractivity contribution in [2.75, 3.05) is 0 Å². The third kappa shape index (κ3) is 2.32. The summed E-state index contributed by atoms with van der Waals surface area (Å²) in [4.78, 5) is 15.9. The molecule has 0 aliphatic heterocycles. The third-order valence-electron chi connectivity index (χ3n) is 3.07. The number of ketones is 1. The Morgan fingerprint density at radius 1 is 1.33 bits per heavy atom. The number of rotatable bonds is 2. The van der Waals surface area contributed by atoms with Gasteiger partial charge in [0.05, 0.1) is 11.3 Å². The van der Waals surface area contributed by atoms with E-state index in [0.717, 1.165) is 0 Å². The zero-order chi connectivity index (χ0) is 13.3. The first-order chi connectivity index (χ1) is 8.41. The lowest BCUT2D eigenvalue weighted by molar-refractivity contribution is -0.117. The van der Waals surface area contributed by atoms with Crippen LogP contribution in [0.2, 0.25) is 0 Å². The fourth-order valence-corrected chi connectivity index (χ4v) is 2.23. The van der Waals surface area contributed by atoms with E-state index in [-0.39, 0.29) is 28.2 Å². The van der Waals surface area contributed by atoms with E-state index in [0.29, 0.717) is 18.4 Å². The summed E-state index contributed by atoms with van der Waals surface area (Å²) in [6.07, 6.45) is 3.93. The van der Waals surface area contributed by atoms with E-state index < -0.39 is 0 Å². The summed E-state index contributed by atoms with van der Waals surface area (Å²) in [5.41, 5.74) is 0.596. The Morgan fingerprint density at radius 3 is 2.50 bits per heavy atom. The fourth-order valence-electron chi connectivity index (χ4n) is 2.23. The number of allylic oxidation sites excluding steroid dienone is 2. The summed E-state index contributed by atoms with van der Waals surface area (Å²) in [5, 5.41) is 18.1. The van der Waals surface area contributed by atoms with E-state index in [1.807, 2.05) is 13.8 Å². The van der Waals surface area contributed by atoms with Crippen LogP contribution in [0.25, 0.3) is 0 Å². The number of aliphatic hydroxyl groups excluding tert-OH is 1. The summed E-state index contributed by atoms with van der Waals surface area (Å²) < 4.78 is 0. The molecule has 2 rings (SSSR count). The second-order valence-corrected chi connectivity index (χ2v) is 5.37. The molecule has 2 N–H and O–H groups in total. The topological polar surface area (TPSA) is 74.0 Å². The van der Waals surface area contributed by atoms with E-state index in [1.54, 1.807) is 24.5 Å². The summed E-state index contributed by atoms with van der Waals surface area (Å²) in [5.74, 6) is -0.136. The first kappa shape index (κ1) is 12.5. The molecule has 4 heteroatoms. The van der Waals surface area contributed by atoms with E-state index in [9.17, 15) is 9.90 Å². The van der Waals surface area contributed by atoms with Crippen molar-refractivity contribution in [2.45, 2.75) is 26.7 Å². The van der Waals surface area contributed by atoms with Crippen molar-refractivity contribution in [2.24, 2.45) is 5.41 Å². The molecular weight excluding hydrogens is 228 g/mol. The maximum absolute atomic E-state index is 12.1. The van der Waals surface area contributed by atoms with Gasteiger partial charge < -0.3 is 5.11 Å². The van der Waals surface area contributed by atoms with E-state index in [1.165, 1.54) is 0 Å². The Balaban J connectivity index is 2.39. The Morgan fingerprint density at radius 2 is 1.94 bits per heavy atom. The lowest BCUT2D eigenvalue weighted by Crippen LogP contribution is -2.29. The number of pyridine rings is 1. The Kier molecular flexibility index (Phi) is 3.03. The lowest BCUT2D eigenvalue weighted by Gasteiger charge is -2.29. The highest BCUT2D eigenvalue weighted by Gasteiger charge is 2.34. The predicted octanol–water partition coefficient (Wildman–Crippen LogP) is 2.65. The number of Topliss-reactive ketones (excluding diaryl/α,β-unsaturated/α-hetero) is 1. The van der Waals surface area contributed by atoms with E-state index in [2.05, 4.69) is 4.98 Å². The number of carbonyl (C=O) groups is 1. The second-order valence-electron chi connectivity index (χ2n) is 5.37. The highest BCUT2D eigenvalue weighted by molar-refractivity contribution is 6.28. The quantitative estimate of drug-likeness (QED) is 0.785. The van der Waals surface area contributed by atoms with Gasteiger partial charge in [-0.05, 0) is 17.5 Å². The van der Waals surface area contributed by atoms with Crippen molar-refractivity contribution >= 4 is 11.5 Å². The Hall–Kier alpha value is -1.97. The van der Waals surface area contributed by atoms with Gasteiger partial charge in [0, 0.05) is 30.8 Å². The minimum atomic E-state index is -0.233. The summed E-state index contributed by atoms with van der Waals surface area (Å²) in [6.45, 7) is 3.88. The number of hydrogen-bond acceptors (Lipinski definition) is 4. The van der Waals surface area contributed by atoms with Gasteiger partial charge in [0.1, 0.15) is 5.76 Å². The first-order valence-corrected chi connectivity index (χ1v) is 5.85. The maximum Gasteiger partial charge on any atom is 0.168 e. The second kappa shape index (κ2) is 4.37. The van der Waals surface area contributed by atoms with Crippen molar-refractivity contribution in [3.63, 3.8) is 0 Å². The highest BCUT2D eigenvalue weighted by Crippen LogP contribution is 2.36. The number of nitrogens with one attached hydrogen (secondary N) is 1. The molecule has 94 valence electrons. The molecule has 0 aromatic carbocycles. The molecule has 18 heavy (non-hydrogen) atoms. The SMILES string of the molecule is CC1(C)CC(=O)C(C(=N)c2ccncc2)=C(O)C1.